The minimum absolute atomic E-state index is 0.0339. The standard InChI is InChI=1S/C16H11NO2S/c18-11-17(12-6-2-1-3-7-12)10-15-16(19)13-8-4-5-9-14(13)20-15/h1-11H. The second-order valence-electron chi connectivity index (χ2n) is 4.27. The van der Waals surface area contributed by atoms with E-state index in [2.05, 4.69) is 0 Å². The Hall–Kier alpha value is -2.33. The molecular weight excluding hydrogens is 270 g/mol. The molecule has 1 aliphatic rings. The average molecular weight is 281 g/mol. The van der Waals surface area contributed by atoms with Crippen LogP contribution in [0.2, 0.25) is 0 Å². The molecule has 1 amide bonds. The smallest absolute Gasteiger partial charge is 0.218 e. The van der Waals surface area contributed by atoms with E-state index in [4.69, 9.17) is 0 Å². The second-order valence-corrected chi connectivity index (χ2v) is 5.35. The highest BCUT2D eigenvalue weighted by Gasteiger charge is 2.26. The highest BCUT2D eigenvalue weighted by atomic mass is 32.2. The van der Waals surface area contributed by atoms with Crippen molar-refractivity contribution >= 4 is 29.6 Å². The average Bonchev–Trinajstić information content (AvgIpc) is 2.82. The number of carbonyl (C=O) groups excluding carboxylic acids is 2. The van der Waals surface area contributed by atoms with Crippen LogP contribution in [0.25, 0.3) is 0 Å². The molecule has 0 atom stereocenters. The maximum absolute atomic E-state index is 12.2. The Bertz CT molecular complexity index is 695. The van der Waals surface area contributed by atoms with Crippen molar-refractivity contribution in [3.8, 4) is 0 Å². The van der Waals surface area contributed by atoms with Crippen molar-refractivity contribution in [2.45, 2.75) is 4.90 Å². The van der Waals surface area contributed by atoms with Crippen LogP contribution in [0.15, 0.2) is 70.6 Å². The van der Waals surface area contributed by atoms with Crippen LogP contribution < -0.4 is 4.90 Å². The third-order valence-electron chi connectivity index (χ3n) is 3.00. The van der Waals surface area contributed by atoms with E-state index in [0.717, 1.165) is 10.6 Å². The van der Waals surface area contributed by atoms with E-state index in [1.165, 1.54) is 16.7 Å². The Kier molecular flexibility index (Phi) is 3.39. The van der Waals surface area contributed by atoms with Crippen LogP contribution in [0, 0.1) is 0 Å². The number of carbonyl (C=O) groups is 2. The number of rotatable bonds is 3. The molecule has 0 aromatic heterocycles. The van der Waals surface area contributed by atoms with E-state index < -0.39 is 0 Å². The van der Waals surface area contributed by atoms with Gasteiger partial charge in [0, 0.05) is 22.3 Å². The van der Waals surface area contributed by atoms with Crippen molar-refractivity contribution in [3.63, 3.8) is 0 Å². The zero-order valence-electron chi connectivity index (χ0n) is 10.5. The summed E-state index contributed by atoms with van der Waals surface area (Å²) < 4.78 is 0. The summed E-state index contributed by atoms with van der Waals surface area (Å²) in [6, 6.07) is 16.7. The summed E-state index contributed by atoms with van der Waals surface area (Å²) in [7, 11) is 0. The van der Waals surface area contributed by atoms with E-state index in [0.29, 0.717) is 16.9 Å². The van der Waals surface area contributed by atoms with E-state index >= 15 is 0 Å². The minimum Gasteiger partial charge on any atom is -0.289 e. The van der Waals surface area contributed by atoms with Gasteiger partial charge in [-0.3, -0.25) is 14.5 Å². The molecule has 3 nitrogen and oxygen atoms in total. The Morgan fingerprint density at radius 1 is 0.950 bits per heavy atom. The first-order valence-electron chi connectivity index (χ1n) is 6.11. The number of fused-ring (bicyclic) bond motifs is 1. The molecule has 0 N–H and O–H groups in total. The van der Waals surface area contributed by atoms with E-state index in [9.17, 15) is 9.59 Å². The number of benzene rings is 2. The van der Waals surface area contributed by atoms with Gasteiger partial charge in [0.2, 0.25) is 12.2 Å². The number of nitrogens with zero attached hydrogens (tertiary/aromatic N) is 1. The molecule has 2 aromatic rings. The predicted molar refractivity (Wildman–Crippen MR) is 79.7 cm³/mol. The Balaban J connectivity index is 1.94. The van der Waals surface area contributed by atoms with Crippen LogP contribution >= 0.6 is 11.8 Å². The normalized spacial score (nSPS) is 15.2. The molecule has 1 aliphatic heterocycles. The maximum Gasteiger partial charge on any atom is 0.218 e. The summed E-state index contributed by atoms with van der Waals surface area (Å²) in [6.07, 6.45) is 2.30. The number of ketones is 1. The zero-order valence-corrected chi connectivity index (χ0v) is 11.3. The Morgan fingerprint density at radius 3 is 2.35 bits per heavy atom. The third-order valence-corrected chi connectivity index (χ3v) is 4.09. The summed E-state index contributed by atoms with van der Waals surface area (Å²) in [5.41, 5.74) is 1.43. The van der Waals surface area contributed by atoms with Gasteiger partial charge in [0.1, 0.15) is 0 Å². The first kappa shape index (κ1) is 12.7. The fraction of sp³-hybridized carbons (Fsp3) is 0. The molecule has 0 spiro atoms. The largest absolute Gasteiger partial charge is 0.289 e. The quantitative estimate of drug-likeness (QED) is 0.638. The zero-order chi connectivity index (χ0) is 13.9. The lowest BCUT2D eigenvalue weighted by molar-refractivity contribution is -0.106. The van der Waals surface area contributed by atoms with Crippen LogP contribution in [-0.2, 0) is 4.79 Å². The Labute approximate surface area is 120 Å². The van der Waals surface area contributed by atoms with Gasteiger partial charge in [0.25, 0.3) is 0 Å². The van der Waals surface area contributed by atoms with E-state index in [1.807, 2.05) is 48.5 Å². The topological polar surface area (TPSA) is 37.4 Å². The van der Waals surface area contributed by atoms with E-state index in [-0.39, 0.29) is 5.78 Å². The molecule has 0 saturated heterocycles. The highest BCUT2D eigenvalue weighted by Crippen LogP contribution is 2.39. The van der Waals surface area contributed by atoms with Crippen molar-refractivity contribution in [3.05, 3.63) is 71.3 Å². The van der Waals surface area contributed by atoms with Crippen LogP contribution in [0.1, 0.15) is 10.4 Å². The number of amides is 1. The van der Waals surface area contributed by atoms with Gasteiger partial charge in [-0.2, -0.15) is 0 Å². The van der Waals surface area contributed by atoms with Gasteiger partial charge < -0.3 is 0 Å². The lowest BCUT2D eigenvalue weighted by atomic mass is 10.1. The summed E-state index contributed by atoms with van der Waals surface area (Å²) in [6.45, 7) is 0. The van der Waals surface area contributed by atoms with Crippen molar-refractivity contribution in [1.29, 1.82) is 0 Å². The molecule has 20 heavy (non-hydrogen) atoms. The third kappa shape index (κ3) is 2.26. The fourth-order valence-corrected chi connectivity index (χ4v) is 3.04. The SMILES string of the molecule is O=CN(C=C1Sc2ccccc2C1=O)c1ccccc1. The fourth-order valence-electron chi connectivity index (χ4n) is 2.02. The summed E-state index contributed by atoms with van der Waals surface area (Å²) in [4.78, 5) is 26.4. The molecule has 0 aliphatic carbocycles. The monoisotopic (exact) mass is 281 g/mol. The van der Waals surface area contributed by atoms with Crippen molar-refractivity contribution in [1.82, 2.24) is 0 Å². The first-order valence-corrected chi connectivity index (χ1v) is 6.93. The van der Waals surface area contributed by atoms with Gasteiger partial charge >= 0.3 is 0 Å². The number of thioether (sulfide) groups is 1. The predicted octanol–water partition coefficient (Wildman–Crippen LogP) is 3.48. The van der Waals surface area contributed by atoms with Crippen LogP contribution in [0.4, 0.5) is 5.69 Å². The van der Waals surface area contributed by atoms with Gasteiger partial charge in [-0.15, -0.1) is 0 Å². The number of hydrogen-bond acceptors (Lipinski definition) is 3. The molecule has 3 rings (SSSR count). The molecule has 2 aromatic carbocycles. The van der Waals surface area contributed by atoms with Crippen molar-refractivity contribution in [2.75, 3.05) is 4.90 Å². The van der Waals surface area contributed by atoms with Gasteiger partial charge in [-0.25, -0.2) is 0 Å². The second kappa shape index (κ2) is 5.35. The Morgan fingerprint density at radius 2 is 1.65 bits per heavy atom. The number of para-hydroxylation sites is 1. The summed E-state index contributed by atoms with van der Waals surface area (Å²) in [5, 5.41) is 0. The lowest BCUT2D eigenvalue weighted by Crippen LogP contribution is -2.14. The van der Waals surface area contributed by atoms with Gasteiger partial charge in [0.05, 0.1) is 4.91 Å². The number of hydrogen-bond donors (Lipinski definition) is 0. The van der Waals surface area contributed by atoms with Gasteiger partial charge in [0.15, 0.2) is 0 Å². The first-order chi connectivity index (χ1) is 9.79. The number of allylic oxidation sites excluding steroid dienone is 1. The lowest BCUT2D eigenvalue weighted by Gasteiger charge is -2.12. The molecule has 0 unspecified atom stereocenters. The summed E-state index contributed by atoms with van der Waals surface area (Å²) >= 11 is 1.39. The summed E-state index contributed by atoms with van der Waals surface area (Å²) in [5.74, 6) is -0.0339. The molecular formula is C16H11NO2S. The highest BCUT2D eigenvalue weighted by molar-refractivity contribution is 8.04. The number of Topliss-reactive ketones (excluding diaryl/α,β-unsaturated/α-hetero) is 1. The van der Waals surface area contributed by atoms with Crippen molar-refractivity contribution in [2.24, 2.45) is 0 Å². The van der Waals surface area contributed by atoms with Crippen LogP contribution in [0.3, 0.4) is 0 Å². The molecule has 0 radical (unpaired) electrons. The molecule has 4 heteroatoms. The van der Waals surface area contributed by atoms with Gasteiger partial charge in [-0.05, 0) is 24.3 Å². The number of anilines is 1. The van der Waals surface area contributed by atoms with Gasteiger partial charge in [-0.1, -0.05) is 42.1 Å². The molecule has 98 valence electrons. The van der Waals surface area contributed by atoms with E-state index in [1.54, 1.807) is 12.3 Å². The molecule has 0 fully saturated rings. The molecule has 0 saturated carbocycles. The van der Waals surface area contributed by atoms with Crippen molar-refractivity contribution < 1.29 is 9.59 Å². The van der Waals surface area contributed by atoms with Crippen LogP contribution in [-0.4, -0.2) is 12.2 Å². The molecule has 0 bridgehead atoms. The minimum atomic E-state index is -0.0339. The molecule has 1 heterocycles. The maximum atomic E-state index is 12.2. The van der Waals surface area contributed by atoms with Crippen LogP contribution in [0.5, 0.6) is 0 Å².